The summed E-state index contributed by atoms with van der Waals surface area (Å²) in [5.74, 6) is 0.780. The zero-order valence-electron chi connectivity index (χ0n) is 9.63. The summed E-state index contributed by atoms with van der Waals surface area (Å²) in [7, 11) is 1.59. The van der Waals surface area contributed by atoms with Crippen LogP contribution in [-0.4, -0.2) is 18.9 Å². The first-order chi connectivity index (χ1) is 6.74. The van der Waals surface area contributed by atoms with E-state index in [1.165, 1.54) is 0 Å². The van der Waals surface area contributed by atoms with E-state index in [-0.39, 0.29) is 6.79 Å². The molecule has 80 valence electrons. The van der Waals surface area contributed by atoms with Gasteiger partial charge in [-0.3, -0.25) is 4.98 Å². The molecule has 0 fully saturated rings. The van der Waals surface area contributed by atoms with Crippen molar-refractivity contribution in [1.82, 2.24) is 4.98 Å². The molecule has 1 aromatic rings. The molecule has 1 aromatic heterocycles. The molecule has 0 aliphatic rings. The van der Waals surface area contributed by atoms with Crippen LogP contribution in [0, 0.1) is 13.8 Å². The maximum absolute atomic E-state index is 5.26. The SMILES string of the molecule is CC.COCOc1ccc(C)nc1C. The van der Waals surface area contributed by atoms with Crippen LogP contribution >= 0.6 is 0 Å². The fourth-order valence-corrected chi connectivity index (χ4v) is 0.949. The van der Waals surface area contributed by atoms with Crippen molar-refractivity contribution in [2.24, 2.45) is 0 Å². The summed E-state index contributed by atoms with van der Waals surface area (Å²) in [6.07, 6.45) is 0. The zero-order valence-corrected chi connectivity index (χ0v) is 9.63. The van der Waals surface area contributed by atoms with E-state index >= 15 is 0 Å². The minimum absolute atomic E-state index is 0.269. The second kappa shape index (κ2) is 7.33. The first-order valence-electron chi connectivity index (χ1n) is 4.80. The van der Waals surface area contributed by atoms with Gasteiger partial charge >= 0.3 is 0 Å². The molecular formula is C11H19NO2. The summed E-state index contributed by atoms with van der Waals surface area (Å²) in [6.45, 7) is 8.14. The van der Waals surface area contributed by atoms with Crippen LogP contribution in [0.5, 0.6) is 5.75 Å². The molecule has 1 rings (SSSR count). The highest BCUT2D eigenvalue weighted by Gasteiger charge is 1.99. The number of rotatable bonds is 3. The van der Waals surface area contributed by atoms with Crippen molar-refractivity contribution in [3.8, 4) is 5.75 Å². The van der Waals surface area contributed by atoms with Crippen LogP contribution in [0.25, 0.3) is 0 Å². The average Bonchev–Trinajstić information content (AvgIpc) is 2.20. The van der Waals surface area contributed by atoms with Gasteiger partial charge in [-0.15, -0.1) is 0 Å². The van der Waals surface area contributed by atoms with Crippen molar-refractivity contribution in [3.63, 3.8) is 0 Å². The van der Waals surface area contributed by atoms with E-state index in [1.54, 1.807) is 7.11 Å². The summed E-state index contributed by atoms with van der Waals surface area (Å²) in [6, 6.07) is 3.81. The lowest BCUT2D eigenvalue weighted by Crippen LogP contribution is -2.01. The van der Waals surface area contributed by atoms with E-state index in [2.05, 4.69) is 4.98 Å². The maximum Gasteiger partial charge on any atom is 0.188 e. The van der Waals surface area contributed by atoms with Crippen molar-refractivity contribution in [3.05, 3.63) is 23.5 Å². The molecule has 0 saturated heterocycles. The molecule has 0 radical (unpaired) electrons. The average molecular weight is 197 g/mol. The van der Waals surface area contributed by atoms with Gasteiger partial charge in [-0.2, -0.15) is 0 Å². The second-order valence-corrected chi connectivity index (χ2v) is 2.59. The van der Waals surface area contributed by atoms with Crippen molar-refractivity contribution in [2.75, 3.05) is 13.9 Å². The molecule has 0 N–H and O–H groups in total. The van der Waals surface area contributed by atoms with Crippen molar-refractivity contribution >= 4 is 0 Å². The van der Waals surface area contributed by atoms with E-state index in [0.29, 0.717) is 0 Å². The molecule has 0 bridgehead atoms. The van der Waals surface area contributed by atoms with Gasteiger partial charge in [0.1, 0.15) is 5.75 Å². The van der Waals surface area contributed by atoms with E-state index in [9.17, 15) is 0 Å². The Hall–Kier alpha value is -1.09. The van der Waals surface area contributed by atoms with Gasteiger partial charge in [0, 0.05) is 12.8 Å². The Morgan fingerprint density at radius 3 is 2.36 bits per heavy atom. The summed E-state index contributed by atoms with van der Waals surface area (Å²) in [5.41, 5.74) is 1.89. The highest BCUT2D eigenvalue weighted by Crippen LogP contribution is 2.14. The van der Waals surface area contributed by atoms with Crippen molar-refractivity contribution in [2.45, 2.75) is 27.7 Å². The molecule has 3 nitrogen and oxygen atoms in total. The molecule has 14 heavy (non-hydrogen) atoms. The van der Waals surface area contributed by atoms with Gasteiger partial charge in [-0.05, 0) is 26.0 Å². The first-order valence-corrected chi connectivity index (χ1v) is 4.80. The van der Waals surface area contributed by atoms with Gasteiger partial charge < -0.3 is 9.47 Å². The predicted octanol–water partition coefficient (Wildman–Crippen LogP) is 2.71. The first kappa shape index (κ1) is 12.9. The molecule has 0 aliphatic heterocycles. The van der Waals surface area contributed by atoms with Crippen LogP contribution in [-0.2, 0) is 4.74 Å². The van der Waals surface area contributed by atoms with E-state index in [4.69, 9.17) is 9.47 Å². The maximum atomic E-state index is 5.26. The fourth-order valence-electron chi connectivity index (χ4n) is 0.949. The van der Waals surface area contributed by atoms with Crippen LogP contribution in [0.4, 0.5) is 0 Å². The van der Waals surface area contributed by atoms with E-state index in [1.807, 2.05) is 39.8 Å². The normalized spacial score (nSPS) is 8.93. The number of ether oxygens (including phenoxy) is 2. The topological polar surface area (TPSA) is 31.4 Å². The Balaban J connectivity index is 0.000000791. The Kier molecular flexibility index (Phi) is 6.76. The third kappa shape index (κ3) is 4.23. The van der Waals surface area contributed by atoms with Crippen molar-refractivity contribution in [1.29, 1.82) is 0 Å². The van der Waals surface area contributed by atoms with Crippen LogP contribution < -0.4 is 4.74 Å². The quantitative estimate of drug-likeness (QED) is 0.698. The van der Waals surface area contributed by atoms with Crippen LogP contribution in [0.15, 0.2) is 12.1 Å². The van der Waals surface area contributed by atoms with Gasteiger partial charge in [0.05, 0.1) is 5.69 Å². The molecule has 0 spiro atoms. The monoisotopic (exact) mass is 197 g/mol. The zero-order chi connectivity index (χ0) is 11.0. The summed E-state index contributed by atoms with van der Waals surface area (Å²) in [4.78, 5) is 4.25. The number of nitrogens with zero attached hydrogens (tertiary/aromatic N) is 1. The van der Waals surface area contributed by atoms with Gasteiger partial charge in [-0.1, -0.05) is 13.8 Å². The van der Waals surface area contributed by atoms with Gasteiger partial charge in [0.25, 0.3) is 0 Å². The third-order valence-corrected chi connectivity index (χ3v) is 1.51. The summed E-state index contributed by atoms with van der Waals surface area (Å²) >= 11 is 0. The van der Waals surface area contributed by atoms with Crippen LogP contribution in [0.2, 0.25) is 0 Å². The Bertz CT molecular complexity index is 261. The smallest absolute Gasteiger partial charge is 0.188 e. The standard InChI is InChI=1S/C9H13NO2.C2H6/c1-7-4-5-9(8(2)10-7)12-6-11-3;1-2/h4-5H,6H2,1-3H3;1-2H3. The van der Waals surface area contributed by atoms with E-state index < -0.39 is 0 Å². The number of aromatic nitrogens is 1. The molecule has 0 amide bonds. The fraction of sp³-hybridized carbons (Fsp3) is 0.545. The highest BCUT2D eigenvalue weighted by molar-refractivity contribution is 5.27. The minimum atomic E-state index is 0.269. The third-order valence-electron chi connectivity index (χ3n) is 1.51. The molecule has 0 aromatic carbocycles. The number of methoxy groups -OCH3 is 1. The second-order valence-electron chi connectivity index (χ2n) is 2.59. The molecule has 1 heterocycles. The van der Waals surface area contributed by atoms with Crippen LogP contribution in [0.3, 0.4) is 0 Å². The van der Waals surface area contributed by atoms with Gasteiger partial charge in [0.2, 0.25) is 0 Å². The predicted molar refractivity (Wildman–Crippen MR) is 57.6 cm³/mol. The highest BCUT2D eigenvalue weighted by atomic mass is 16.7. The van der Waals surface area contributed by atoms with Crippen LogP contribution in [0.1, 0.15) is 25.2 Å². The summed E-state index contributed by atoms with van der Waals surface area (Å²) < 4.78 is 10.0. The molecule has 3 heteroatoms. The number of aryl methyl sites for hydroxylation is 2. The molecule has 0 atom stereocenters. The largest absolute Gasteiger partial charge is 0.466 e. The Morgan fingerprint density at radius 2 is 1.86 bits per heavy atom. The molecular weight excluding hydrogens is 178 g/mol. The Morgan fingerprint density at radius 1 is 1.21 bits per heavy atom. The van der Waals surface area contributed by atoms with Crippen molar-refractivity contribution < 1.29 is 9.47 Å². The lowest BCUT2D eigenvalue weighted by molar-refractivity contribution is 0.0503. The lowest BCUT2D eigenvalue weighted by atomic mass is 10.3. The lowest BCUT2D eigenvalue weighted by Gasteiger charge is -2.06. The molecule has 0 aliphatic carbocycles. The number of hydrogen-bond acceptors (Lipinski definition) is 3. The number of pyridine rings is 1. The molecule has 0 saturated carbocycles. The van der Waals surface area contributed by atoms with Gasteiger partial charge in [-0.25, -0.2) is 0 Å². The Labute approximate surface area is 86.1 Å². The molecule has 0 unspecified atom stereocenters. The van der Waals surface area contributed by atoms with E-state index in [0.717, 1.165) is 17.1 Å². The number of hydrogen-bond donors (Lipinski definition) is 0. The van der Waals surface area contributed by atoms with Gasteiger partial charge in [0.15, 0.2) is 6.79 Å². The minimum Gasteiger partial charge on any atom is -0.466 e. The summed E-state index contributed by atoms with van der Waals surface area (Å²) in [5, 5.41) is 0.